The molecule has 0 unspecified atom stereocenters. The van der Waals surface area contributed by atoms with Gasteiger partial charge in [0.2, 0.25) is 5.91 Å². The van der Waals surface area contributed by atoms with Crippen LogP contribution in [0, 0.1) is 6.92 Å². The van der Waals surface area contributed by atoms with Gasteiger partial charge in [-0.15, -0.1) is 0 Å². The summed E-state index contributed by atoms with van der Waals surface area (Å²) in [4.78, 5) is 24.1. The molecule has 0 spiro atoms. The van der Waals surface area contributed by atoms with Crippen LogP contribution in [0.5, 0.6) is 5.75 Å². The molecule has 0 atom stereocenters. The summed E-state index contributed by atoms with van der Waals surface area (Å²) >= 11 is 5.83. The molecule has 21 heavy (non-hydrogen) atoms. The second kappa shape index (κ2) is 8.49. The summed E-state index contributed by atoms with van der Waals surface area (Å²) in [7, 11) is 3.91. The third-order valence-electron chi connectivity index (χ3n) is 2.69. The average molecular weight is 315 g/mol. The monoisotopic (exact) mass is 314 g/mol. The van der Waals surface area contributed by atoms with Crippen LogP contribution in [0.25, 0.3) is 0 Å². The molecule has 0 fully saturated rings. The van der Waals surface area contributed by atoms with Gasteiger partial charge in [0, 0.05) is 5.02 Å². The Morgan fingerprint density at radius 1 is 1.24 bits per heavy atom. The van der Waals surface area contributed by atoms with Gasteiger partial charge in [0.05, 0.1) is 27.1 Å². The number of carbonyl (C=O) groups excluding carboxylic acids is 2. The summed E-state index contributed by atoms with van der Waals surface area (Å²) in [6.07, 6.45) is 0.347. The molecule has 3 N–H and O–H groups in total. The van der Waals surface area contributed by atoms with Crippen molar-refractivity contribution in [1.82, 2.24) is 10.9 Å². The number of ether oxygens (including phenoxy) is 1. The number of hydrogen-bond acceptors (Lipinski definition) is 3. The second-order valence-electron chi connectivity index (χ2n) is 5.00. The number of carbonyl (C=O) groups is 2. The Hall–Kier alpha value is -1.79. The molecule has 0 heterocycles. The molecule has 2 amide bonds. The van der Waals surface area contributed by atoms with Gasteiger partial charge in [0.1, 0.15) is 5.75 Å². The van der Waals surface area contributed by atoms with Crippen molar-refractivity contribution in [2.24, 2.45) is 0 Å². The minimum Gasteiger partial charge on any atom is -0.483 e. The van der Waals surface area contributed by atoms with E-state index in [0.29, 0.717) is 23.7 Å². The van der Waals surface area contributed by atoms with Crippen molar-refractivity contribution in [2.75, 3.05) is 27.2 Å². The van der Waals surface area contributed by atoms with Gasteiger partial charge >= 0.3 is 0 Å². The van der Waals surface area contributed by atoms with Crippen LogP contribution in [0.4, 0.5) is 0 Å². The molecule has 1 aromatic rings. The van der Waals surface area contributed by atoms with E-state index in [1.54, 1.807) is 18.2 Å². The van der Waals surface area contributed by atoms with Crippen LogP contribution in [-0.4, -0.2) is 39.1 Å². The van der Waals surface area contributed by atoms with Gasteiger partial charge in [-0.2, -0.15) is 0 Å². The van der Waals surface area contributed by atoms with E-state index in [-0.39, 0.29) is 12.5 Å². The molecular weight excluding hydrogens is 294 g/mol. The van der Waals surface area contributed by atoms with Crippen LogP contribution in [0.1, 0.15) is 12.0 Å². The summed E-state index contributed by atoms with van der Waals surface area (Å²) in [5, 5.41) is 0.611. The predicted molar refractivity (Wildman–Crippen MR) is 80.3 cm³/mol. The number of nitrogens with one attached hydrogen (secondary N) is 3. The third kappa shape index (κ3) is 6.97. The standard InChI is InChI=1S/C14H20ClN3O3/c1-10-8-11(15)4-5-12(10)21-9-14(20)17-16-13(19)6-7-18(2)3/h4-5,8H,6-7,9H2,1-3H3,(H,16,19)(H,17,20)/p+1. The molecule has 0 aliphatic carbocycles. The van der Waals surface area contributed by atoms with Crippen molar-refractivity contribution >= 4 is 23.4 Å². The number of hydrazine groups is 1. The Balaban J connectivity index is 2.29. The van der Waals surface area contributed by atoms with Crippen LogP contribution in [-0.2, 0) is 9.59 Å². The van der Waals surface area contributed by atoms with Gasteiger partial charge in [-0.1, -0.05) is 11.6 Å². The summed E-state index contributed by atoms with van der Waals surface area (Å²) in [5.74, 6) is -0.0702. The molecule has 0 aromatic heterocycles. The first-order valence-electron chi connectivity index (χ1n) is 6.64. The molecule has 6 nitrogen and oxygen atoms in total. The van der Waals surface area contributed by atoms with E-state index in [4.69, 9.17) is 16.3 Å². The maximum absolute atomic E-state index is 11.6. The average Bonchev–Trinajstić information content (AvgIpc) is 2.41. The van der Waals surface area contributed by atoms with Crippen molar-refractivity contribution in [2.45, 2.75) is 13.3 Å². The number of halogens is 1. The number of quaternary nitrogens is 1. The van der Waals surface area contributed by atoms with E-state index in [2.05, 4.69) is 10.9 Å². The summed E-state index contributed by atoms with van der Waals surface area (Å²) in [6, 6.07) is 5.14. The van der Waals surface area contributed by atoms with E-state index in [9.17, 15) is 9.59 Å². The molecule has 7 heteroatoms. The normalized spacial score (nSPS) is 10.3. The molecule has 116 valence electrons. The van der Waals surface area contributed by atoms with Gasteiger partial charge < -0.3 is 9.64 Å². The Morgan fingerprint density at radius 2 is 1.90 bits per heavy atom. The van der Waals surface area contributed by atoms with Crippen LogP contribution >= 0.6 is 11.6 Å². The van der Waals surface area contributed by atoms with Crippen molar-refractivity contribution < 1.29 is 19.2 Å². The van der Waals surface area contributed by atoms with E-state index < -0.39 is 5.91 Å². The molecule has 0 radical (unpaired) electrons. The maximum atomic E-state index is 11.6. The first kappa shape index (κ1) is 17.3. The number of rotatable bonds is 6. The zero-order chi connectivity index (χ0) is 15.8. The predicted octanol–water partition coefficient (Wildman–Crippen LogP) is -0.291. The topological polar surface area (TPSA) is 71.9 Å². The van der Waals surface area contributed by atoms with E-state index in [1.165, 1.54) is 0 Å². The highest BCUT2D eigenvalue weighted by atomic mass is 35.5. The molecule has 0 aliphatic rings. The summed E-state index contributed by atoms with van der Waals surface area (Å²) in [6.45, 7) is 2.36. The van der Waals surface area contributed by atoms with Crippen molar-refractivity contribution in [3.8, 4) is 5.75 Å². The van der Waals surface area contributed by atoms with Crippen molar-refractivity contribution in [1.29, 1.82) is 0 Å². The van der Waals surface area contributed by atoms with Crippen LogP contribution in [0.3, 0.4) is 0 Å². The Kier molecular flexibility index (Phi) is 6.98. The first-order valence-corrected chi connectivity index (χ1v) is 7.02. The number of aryl methyl sites for hydroxylation is 1. The fourth-order valence-electron chi connectivity index (χ4n) is 1.52. The van der Waals surface area contributed by atoms with Gasteiger partial charge in [-0.3, -0.25) is 20.4 Å². The fourth-order valence-corrected chi connectivity index (χ4v) is 1.75. The van der Waals surface area contributed by atoms with Crippen LogP contribution < -0.4 is 20.5 Å². The maximum Gasteiger partial charge on any atom is 0.276 e. The largest absolute Gasteiger partial charge is 0.483 e. The van der Waals surface area contributed by atoms with Crippen LogP contribution in [0.2, 0.25) is 5.02 Å². The SMILES string of the molecule is Cc1cc(Cl)ccc1OCC(=O)NNC(=O)CC[NH+](C)C. The summed E-state index contributed by atoms with van der Waals surface area (Å²) < 4.78 is 5.36. The highest BCUT2D eigenvalue weighted by Crippen LogP contribution is 2.21. The Morgan fingerprint density at radius 3 is 2.52 bits per heavy atom. The number of amides is 2. The van der Waals surface area contributed by atoms with E-state index in [0.717, 1.165) is 10.5 Å². The van der Waals surface area contributed by atoms with Gasteiger partial charge in [-0.25, -0.2) is 0 Å². The van der Waals surface area contributed by atoms with Gasteiger partial charge in [-0.05, 0) is 30.7 Å². The fraction of sp³-hybridized carbons (Fsp3) is 0.429. The van der Waals surface area contributed by atoms with Gasteiger partial charge in [0.25, 0.3) is 5.91 Å². The highest BCUT2D eigenvalue weighted by molar-refractivity contribution is 6.30. The molecule has 0 aliphatic heterocycles. The minimum absolute atomic E-state index is 0.179. The van der Waals surface area contributed by atoms with Gasteiger partial charge in [0.15, 0.2) is 6.61 Å². The zero-order valence-corrected chi connectivity index (χ0v) is 13.2. The zero-order valence-electron chi connectivity index (χ0n) is 12.5. The summed E-state index contributed by atoms with van der Waals surface area (Å²) in [5.41, 5.74) is 5.49. The highest BCUT2D eigenvalue weighted by Gasteiger charge is 2.08. The molecular formula is C14H21ClN3O3+. The second-order valence-corrected chi connectivity index (χ2v) is 5.44. The Labute approximate surface area is 129 Å². The number of hydrogen-bond donors (Lipinski definition) is 3. The van der Waals surface area contributed by atoms with Crippen molar-refractivity contribution in [3.05, 3.63) is 28.8 Å². The lowest BCUT2D eigenvalue weighted by Crippen LogP contribution is -3.05. The quantitative estimate of drug-likeness (QED) is 0.632. The molecule has 1 aromatic carbocycles. The third-order valence-corrected chi connectivity index (χ3v) is 2.92. The number of benzene rings is 1. The lowest BCUT2D eigenvalue weighted by molar-refractivity contribution is -0.857. The molecule has 1 rings (SSSR count). The lowest BCUT2D eigenvalue weighted by atomic mass is 10.2. The lowest BCUT2D eigenvalue weighted by Gasteiger charge is -2.11. The molecule has 0 saturated heterocycles. The van der Waals surface area contributed by atoms with E-state index in [1.807, 2.05) is 21.0 Å². The Bertz CT molecular complexity index is 506. The van der Waals surface area contributed by atoms with Crippen molar-refractivity contribution in [3.63, 3.8) is 0 Å². The first-order chi connectivity index (χ1) is 9.88. The smallest absolute Gasteiger partial charge is 0.276 e. The van der Waals surface area contributed by atoms with E-state index >= 15 is 0 Å². The molecule has 0 saturated carbocycles. The molecule has 0 bridgehead atoms. The minimum atomic E-state index is -0.421. The van der Waals surface area contributed by atoms with Crippen LogP contribution in [0.15, 0.2) is 18.2 Å².